The fraction of sp³-hybridized carbons (Fsp3) is 0.0909. The first-order valence-electron chi connectivity index (χ1n) is 5.11. The van der Waals surface area contributed by atoms with Gasteiger partial charge in [-0.15, -0.1) is 10.2 Å². The Morgan fingerprint density at radius 2 is 2.11 bits per heavy atom. The lowest BCUT2D eigenvalue weighted by Gasteiger charge is -2.00. The maximum absolute atomic E-state index is 11.4. The minimum absolute atomic E-state index is 0.394. The minimum atomic E-state index is -0.596. The summed E-state index contributed by atoms with van der Waals surface area (Å²) in [5, 5.41) is 10.5. The highest BCUT2D eigenvalue weighted by atomic mass is 32.2. The van der Waals surface area contributed by atoms with Gasteiger partial charge in [0, 0.05) is 11.8 Å². The van der Waals surface area contributed by atoms with Gasteiger partial charge < -0.3 is 9.73 Å². The summed E-state index contributed by atoms with van der Waals surface area (Å²) in [5.74, 6) is -0.613. The molecule has 0 saturated carbocycles. The Bertz CT molecular complexity index is 665. The Hall–Kier alpha value is -2.15. The third kappa shape index (κ3) is 1.78. The second-order valence-corrected chi connectivity index (χ2v) is 4.70. The van der Waals surface area contributed by atoms with E-state index in [1.165, 1.54) is 11.8 Å². The van der Waals surface area contributed by atoms with Crippen molar-refractivity contribution >= 4 is 29.1 Å². The standard InChI is InChI=1S/C11H7N3O3S/c1-5-13-14-11(17-5)18-6-2-3-7-8(4-6)12-10(16)9(7)15/h2-4H,1H3,(H,12,15,16). The number of amides is 1. The number of carbonyl (C=O) groups is 2. The highest BCUT2D eigenvalue weighted by Gasteiger charge is 2.27. The number of rotatable bonds is 2. The Morgan fingerprint density at radius 1 is 1.28 bits per heavy atom. The molecule has 0 atom stereocenters. The Balaban J connectivity index is 1.90. The third-order valence-electron chi connectivity index (χ3n) is 2.40. The number of aromatic nitrogens is 2. The monoisotopic (exact) mass is 261 g/mol. The Labute approximate surface area is 106 Å². The Morgan fingerprint density at radius 3 is 2.83 bits per heavy atom. The van der Waals surface area contributed by atoms with Gasteiger partial charge in [0.05, 0.1) is 11.3 Å². The fourth-order valence-corrected chi connectivity index (χ4v) is 2.37. The van der Waals surface area contributed by atoms with Crippen molar-refractivity contribution in [1.82, 2.24) is 10.2 Å². The second-order valence-electron chi connectivity index (χ2n) is 3.68. The average Bonchev–Trinajstić information content (AvgIpc) is 2.85. The number of carbonyl (C=O) groups excluding carboxylic acids is 2. The van der Waals surface area contributed by atoms with Crippen LogP contribution in [0, 0.1) is 6.92 Å². The largest absolute Gasteiger partial charge is 0.416 e. The summed E-state index contributed by atoms with van der Waals surface area (Å²) in [7, 11) is 0. The predicted octanol–water partition coefficient (Wildman–Crippen LogP) is 1.66. The first-order chi connectivity index (χ1) is 8.63. The van der Waals surface area contributed by atoms with Crippen LogP contribution in [0.3, 0.4) is 0 Å². The number of nitrogens with zero attached hydrogens (tertiary/aromatic N) is 2. The zero-order chi connectivity index (χ0) is 12.7. The van der Waals surface area contributed by atoms with Crippen LogP contribution in [0.1, 0.15) is 16.2 Å². The lowest BCUT2D eigenvalue weighted by Crippen LogP contribution is -2.12. The molecule has 0 aliphatic carbocycles. The van der Waals surface area contributed by atoms with Crippen LogP contribution in [-0.2, 0) is 4.79 Å². The third-order valence-corrected chi connectivity index (χ3v) is 3.23. The number of hydrogen-bond acceptors (Lipinski definition) is 6. The van der Waals surface area contributed by atoms with Crippen LogP contribution in [0.25, 0.3) is 0 Å². The molecule has 0 saturated heterocycles. The van der Waals surface area contributed by atoms with E-state index in [0.29, 0.717) is 22.4 Å². The molecule has 0 unspecified atom stereocenters. The van der Waals surface area contributed by atoms with Crippen molar-refractivity contribution in [2.45, 2.75) is 17.0 Å². The van der Waals surface area contributed by atoms with E-state index in [1.807, 2.05) is 0 Å². The van der Waals surface area contributed by atoms with Crippen LogP contribution in [0.2, 0.25) is 0 Å². The highest BCUT2D eigenvalue weighted by molar-refractivity contribution is 7.99. The number of ketones is 1. The molecule has 1 aliphatic rings. The van der Waals surface area contributed by atoms with Crippen LogP contribution in [-0.4, -0.2) is 21.9 Å². The van der Waals surface area contributed by atoms with Gasteiger partial charge in [0.25, 0.3) is 16.9 Å². The van der Waals surface area contributed by atoms with Gasteiger partial charge in [0.15, 0.2) is 0 Å². The van der Waals surface area contributed by atoms with Gasteiger partial charge >= 0.3 is 0 Å². The summed E-state index contributed by atoms with van der Waals surface area (Å²) in [6, 6.07) is 5.06. The van der Waals surface area contributed by atoms with Crippen LogP contribution >= 0.6 is 11.8 Å². The molecule has 3 rings (SSSR count). The smallest absolute Gasteiger partial charge is 0.296 e. The van der Waals surface area contributed by atoms with Crippen molar-refractivity contribution in [2.75, 3.05) is 5.32 Å². The summed E-state index contributed by atoms with van der Waals surface area (Å²) in [5.41, 5.74) is 0.914. The van der Waals surface area contributed by atoms with E-state index >= 15 is 0 Å². The molecule has 0 bridgehead atoms. The molecule has 2 aromatic rings. The number of fused-ring (bicyclic) bond motifs is 1. The van der Waals surface area contributed by atoms with Crippen LogP contribution in [0.5, 0.6) is 0 Å². The molecule has 18 heavy (non-hydrogen) atoms. The SMILES string of the molecule is Cc1nnc(Sc2ccc3c(c2)NC(=O)C3=O)o1. The second kappa shape index (κ2) is 3.95. The van der Waals surface area contributed by atoms with Crippen molar-refractivity contribution in [3.63, 3.8) is 0 Å². The fourth-order valence-electron chi connectivity index (χ4n) is 1.61. The molecule has 1 aliphatic heterocycles. The quantitative estimate of drug-likeness (QED) is 0.827. The van der Waals surface area contributed by atoms with Gasteiger partial charge in [0.2, 0.25) is 5.89 Å². The van der Waals surface area contributed by atoms with Gasteiger partial charge in [-0.1, -0.05) is 0 Å². The van der Waals surface area contributed by atoms with Crippen LogP contribution < -0.4 is 5.32 Å². The van der Waals surface area contributed by atoms with Crippen molar-refractivity contribution in [2.24, 2.45) is 0 Å². The van der Waals surface area contributed by atoms with Gasteiger partial charge in [-0.2, -0.15) is 0 Å². The first kappa shape index (κ1) is 11.0. The zero-order valence-electron chi connectivity index (χ0n) is 9.26. The highest BCUT2D eigenvalue weighted by Crippen LogP contribution is 2.32. The molecule has 1 aromatic heterocycles. The first-order valence-corrected chi connectivity index (χ1v) is 5.93. The van der Waals surface area contributed by atoms with E-state index in [1.54, 1.807) is 25.1 Å². The maximum Gasteiger partial charge on any atom is 0.296 e. The van der Waals surface area contributed by atoms with Crippen molar-refractivity contribution < 1.29 is 14.0 Å². The number of benzene rings is 1. The molecule has 7 heteroatoms. The lowest BCUT2D eigenvalue weighted by atomic mass is 10.1. The summed E-state index contributed by atoms with van der Waals surface area (Å²) >= 11 is 1.27. The van der Waals surface area contributed by atoms with Crippen molar-refractivity contribution in [3.05, 3.63) is 29.7 Å². The number of hydrogen-bond donors (Lipinski definition) is 1. The molecule has 1 aromatic carbocycles. The predicted molar refractivity (Wildman–Crippen MR) is 62.6 cm³/mol. The molecule has 6 nitrogen and oxygen atoms in total. The number of Topliss-reactive ketones (excluding diaryl/α,β-unsaturated/α-hetero) is 1. The maximum atomic E-state index is 11.4. The normalized spacial score (nSPS) is 13.6. The minimum Gasteiger partial charge on any atom is -0.416 e. The van der Waals surface area contributed by atoms with Crippen molar-refractivity contribution in [3.8, 4) is 0 Å². The molecule has 2 heterocycles. The molecule has 0 radical (unpaired) electrons. The molecular formula is C11H7N3O3S. The van der Waals surface area contributed by atoms with E-state index in [0.717, 1.165) is 4.90 Å². The van der Waals surface area contributed by atoms with Gasteiger partial charge in [-0.25, -0.2) is 0 Å². The molecule has 1 amide bonds. The molecule has 90 valence electrons. The molecular weight excluding hydrogens is 254 g/mol. The van der Waals surface area contributed by atoms with E-state index < -0.39 is 11.7 Å². The van der Waals surface area contributed by atoms with Crippen molar-refractivity contribution in [1.29, 1.82) is 0 Å². The number of aryl methyl sites for hydroxylation is 1. The average molecular weight is 261 g/mol. The topological polar surface area (TPSA) is 85.1 Å². The van der Waals surface area contributed by atoms with E-state index in [4.69, 9.17) is 4.42 Å². The van der Waals surface area contributed by atoms with Gasteiger partial charge in [-0.3, -0.25) is 9.59 Å². The number of nitrogens with one attached hydrogen (secondary N) is 1. The Kier molecular flexibility index (Phi) is 2.41. The summed E-state index contributed by atoms with van der Waals surface area (Å²) in [6.45, 7) is 1.71. The van der Waals surface area contributed by atoms with E-state index in [2.05, 4.69) is 15.5 Å². The molecule has 0 spiro atoms. The van der Waals surface area contributed by atoms with E-state index in [-0.39, 0.29) is 0 Å². The van der Waals surface area contributed by atoms with Gasteiger partial charge in [-0.05, 0) is 30.0 Å². The number of anilines is 1. The van der Waals surface area contributed by atoms with Gasteiger partial charge in [0.1, 0.15) is 0 Å². The van der Waals surface area contributed by atoms with E-state index in [9.17, 15) is 9.59 Å². The summed E-state index contributed by atoms with van der Waals surface area (Å²) in [6.07, 6.45) is 0. The zero-order valence-corrected chi connectivity index (χ0v) is 10.1. The summed E-state index contributed by atoms with van der Waals surface area (Å²) < 4.78 is 5.24. The lowest BCUT2D eigenvalue weighted by molar-refractivity contribution is -0.112. The molecule has 1 N–H and O–H groups in total. The summed E-state index contributed by atoms with van der Waals surface area (Å²) in [4.78, 5) is 23.4. The molecule has 0 fully saturated rings. The van der Waals surface area contributed by atoms with Crippen LogP contribution in [0.4, 0.5) is 5.69 Å². The van der Waals surface area contributed by atoms with Crippen LogP contribution in [0.15, 0.2) is 32.7 Å².